The highest BCUT2D eigenvalue weighted by molar-refractivity contribution is 7.71. The van der Waals surface area contributed by atoms with Gasteiger partial charge in [0.2, 0.25) is 0 Å². The molecule has 5 nitrogen and oxygen atoms in total. The van der Waals surface area contributed by atoms with Crippen molar-refractivity contribution in [2.75, 3.05) is 0 Å². The second-order valence-electron chi connectivity index (χ2n) is 4.51. The van der Waals surface area contributed by atoms with Crippen LogP contribution in [0, 0.1) is 4.77 Å². The molecule has 0 aliphatic carbocycles. The van der Waals surface area contributed by atoms with E-state index in [1.54, 1.807) is 10.6 Å². The van der Waals surface area contributed by atoms with Gasteiger partial charge in [0, 0.05) is 11.8 Å². The molecule has 1 aromatic heterocycles. The molecule has 0 saturated carbocycles. The van der Waals surface area contributed by atoms with Crippen LogP contribution in [-0.2, 0) is 0 Å². The number of aromatic amines is 1. The van der Waals surface area contributed by atoms with Crippen molar-refractivity contribution >= 4 is 23.5 Å². The Balaban J connectivity index is 3.44. The highest BCUT2D eigenvalue weighted by Crippen LogP contribution is 2.21. The maximum absolute atomic E-state index is 9.89. The van der Waals surface area contributed by atoms with E-state index in [1.807, 2.05) is 32.9 Å². The van der Waals surface area contributed by atoms with Crippen LogP contribution in [0.4, 0.5) is 0 Å². The van der Waals surface area contributed by atoms with Gasteiger partial charge in [-0.2, -0.15) is 5.10 Å². The third-order valence-corrected chi connectivity index (χ3v) is 3.40. The predicted molar refractivity (Wildman–Crippen MR) is 92.9 cm³/mol. The molecular weight excluding hydrogens is 298 g/mol. The van der Waals surface area contributed by atoms with Crippen molar-refractivity contribution in [3.8, 4) is 0 Å². The molecule has 0 aliphatic rings. The molecule has 1 aromatic rings. The molecule has 0 fully saturated rings. The molecule has 0 unspecified atom stereocenters. The lowest BCUT2D eigenvalue weighted by Crippen LogP contribution is -2.01. The first-order chi connectivity index (χ1) is 10.5. The van der Waals surface area contributed by atoms with Crippen molar-refractivity contribution in [2.45, 2.75) is 27.2 Å². The number of rotatable bonds is 6. The van der Waals surface area contributed by atoms with E-state index in [0.717, 1.165) is 17.5 Å². The van der Waals surface area contributed by atoms with E-state index in [2.05, 4.69) is 16.8 Å². The van der Waals surface area contributed by atoms with Crippen LogP contribution in [-0.4, -0.2) is 25.0 Å². The van der Waals surface area contributed by atoms with Crippen molar-refractivity contribution in [3.63, 3.8) is 0 Å². The number of aliphatic hydroxyl groups excluding tert-OH is 2. The Morgan fingerprint density at radius 1 is 1.50 bits per heavy atom. The van der Waals surface area contributed by atoms with Crippen molar-refractivity contribution in [1.82, 2.24) is 14.8 Å². The molecule has 0 spiro atoms. The molecule has 0 radical (unpaired) electrons. The minimum atomic E-state index is 0.0139. The van der Waals surface area contributed by atoms with E-state index in [1.165, 1.54) is 6.08 Å². The topological polar surface area (TPSA) is 74.1 Å². The van der Waals surface area contributed by atoms with Crippen LogP contribution in [0.1, 0.15) is 33.0 Å². The second-order valence-corrected chi connectivity index (χ2v) is 4.90. The molecule has 1 heterocycles. The number of H-pyrrole nitrogens is 1. The van der Waals surface area contributed by atoms with Gasteiger partial charge in [0.1, 0.15) is 5.76 Å². The number of hydrogen-bond acceptors (Lipinski definition) is 4. The normalized spacial score (nSPS) is 14.3. The standard InChI is InChI=1S/C16H21N3O2S/c1-5-12(14(21)8-9-20)10-11(4)15-17-18-16(22)19(15)13(6-2)7-3/h6-10,20-21H,2,5H2,1,3-4H3,(H,18,22)/b9-8+,11-10+,13-7+,14-12+. The fraction of sp³-hybridized carbons (Fsp3) is 0.250. The van der Waals surface area contributed by atoms with Crippen molar-refractivity contribution in [2.24, 2.45) is 0 Å². The van der Waals surface area contributed by atoms with Crippen molar-refractivity contribution < 1.29 is 10.2 Å². The van der Waals surface area contributed by atoms with Crippen LogP contribution in [0.3, 0.4) is 0 Å². The number of nitrogens with zero attached hydrogens (tertiary/aromatic N) is 2. The predicted octanol–water partition coefficient (Wildman–Crippen LogP) is 4.68. The lowest BCUT2D eigenvalue weighted by molar-refractivity contribution is 0.414. The zero-order valence-corrected chi connectivity index (χ0v) is 13.8. The summed E-state index contributed by atoms with van der Waals surface area (Å²) in [6, 6.07) is 0. The summed E-state index contributed by atoms with van der Waals surface area (Å²) in [5.74, 6) is 0.657. The Bertz CT molecular complexity index is 718. The molecule has 0 bridgehead atoms. The van der Waals surface area contributed by atoms with Crippen molar-refractivity contribution in [3.05, 3.63) is 59.1 Å². The van der Waals surface area contributed by atoms with E-state index in [0.29, 0.717) is 22.6 Å². The fourth-order valence-electron chi connectivity index (χ4n) is 2.00. The largest absolute Gasteiger partial charge is 0.515 e. The molecule has 0 aliphatic heterocycles. The van der Waals surface area contributed by atoms with Crippen molar-refractivity contribution in [1.29, 1.82) is 0 Å². The van der Waals surface area contributed by atoms with Crippen LogP contribution in [0.2, 0.25) is 0 Å². The summed E-state index contributed by atoms with van der Waals surface area (Å²) in [4.78, 5) is 0. The molecule has 0 amide bonds. The summed E-state index contributed by atoms with van der Waals surface area (Å²) in [5, 5.41) is 25.7. The highest BCUT2D eigenvalue weighted by atomic mass is 32.1. The molecule has 0 aromatic carbocycles. The molecule has 0 atom stereocenters. The van der Waals surface area contributed by atoms with Gasteiger partial charge >= 0.3 is 0 Å². The summed E-state index contributed by atoms with van der Waals surface area (Å²) in [6.07, 6.45) is 8.05. The Kier molecular flexibility index (Phi) is 6.59. The van der Waals surface area contributed by atoms with Gasteiger partial charge in [0.05, 0.1) is 6.26 Å². The number of nitrogens with one attached hydrogen (secondary N) is 1. The monoisotopic (exact) mass is 319 g/mol. The third kappa shape index (κ3) is 3.85. The lowest BCUT2D eigenvalue weighted by atomic mass is 10.1. The maximum atomic E-state index is 9.89. The number of aromatic nitrogens is 3. The summed E-state index contributed by atoms with van der Waals surface area (Å²) >= 11 is 5.26. The van der Waals surface area contributed by atoms with Gasteiger partial charge in [-0.1, -0.05) is 19.6 Å². The molecule has 6 heteroatoms. The SMILES string of the molecule is C=C/C(=C\C)n1c(/C(C)=C/C(CC)=C(O)\C=C\O)n[nH]c1=S. The maximum Gasteiger partial charge on any atom is 0.200 e. The fourth-order valence-corrected chi connectivity index (χ4v) is 2.24. The molecule has 0 saturated heterocycles. The van der Waals surface area contributed by atoms with Crippen LogP contribution >= 0.6 is 12.2 Å². The number of aliphatic hydroxyl groups is 2. The van der Waals surface area contributed by atoms with Crippen LogP contribution in [0.15, 0.2) is 48.5 Å². The molecule has 3 N–H and O–H groups in total. The van der Waals surface area contributed by atoms with E-state index in [9.17, 15) is 5.11 Å². The third-order valence-electron chi connectivity index (χ3n) is 3.12. The van der Waals surface area contributed by atoms with Gasteiger partial charge in [-0.3, -0.25) is 9.67 Å². The zero-order valence-electron chi connectivity index (χ0n) is 13.0. The zero-order chi connectivity index (χ0) is 16.7. The van der Waals surface area contributed by atoms with Gasteiger partial charge in [0.15, 0.2) is 10.6 Å². The Labute approximate surface area is 135 Å². The van der Waals surface area contributed by atoms with Crippen LogP contribution in [0.25, 0.3) is 11.3 Å². The smallest absolute Gasteiger partial charge is 0.200 e. The van der Waals surface area contributed by atoms with E-state index >= 15 is 0 Å². The molecule has 118 valence electrons. The highest BCUT2D eigenvalue weighted by Gasteiger charge is 2.11. The van der Waals surface area contributed by atoms with Gasteiger partial charge < -0.3 is 10.2 Å². The Hall–Kier alpha value is -2.34. The van der Waals surface area contributed by atoms with Gasteiger partial charge in [0.25, 0.3) is 0 Å². The average molecular weight is 319 g/mol. The van der Waals surface area contributed by atoms with Gasteiger partial charge in [-0.25, -0.2) is 0 Å². The molecule has 22 heavy (non-hydrogen) atoms. The van der Waals surface area contributed by atoms with Crippen LogP contribution in [0.5, 0.6) is 0 Å². The van der Waals surface area contributed by atoms with E-state index in [-0.39, 0.29) is 5.76 Å². The first-order valence-corrected chi connectivity index (χ1v) is 7.29. The quantitative estimate of drug-likeness (QED) is 0.404. The van der Waals surface area contributed by atoms with Gasteiger partial charge in [-0.05, 0) is 55.8 Å². The van der Waals surface area contributed by atoms with E-state index < -0.39 is 0 Å². The molecular formula is C16H21N3O2S. The summed E-state index contributed by atoms with van der Waals surface area (Å²) < 4.78 is 2.25. The second kappa shape index (κ2) is 8.19. The minimum absolute atomic E-state index is 0.0139. The van der Waals surface area contributed by atoms with Crippen LogP contribution < -0.4 is 0 Å². The van der Waals surface area contributed by atoms with Gasteiger partial charge in [-0.15, -0.1) is 0 Å². The molecule has 1 rings (SSSR count). The number of allylic oxidation sites excluding steroid dienone is 7. The first kappa shape index (κ1) is 17.7. The minimum Gasteiger partial charge on any atom is -0.515 e. The summed E-state index contributed by atoms with van der Waals surface area (Å²) in [7, 11) is 0. The Morgan fingerprint density at radius 3 is 2.68 bits per heavy atom. The first-order valence-electron chi connectivity index (χ1n) is 6.88. The summed E-state index contributed by atoms with van der Waals surface area (Å²) in [5.41, 5.74) is 2.33. The number of hydrogen-bond donors (Lipinski definition) is 3. The average Bonchev–Trinajstić information content (AvgIpc) is 2.88. The van der Waals surface area contributed by atoms with E-state index in [4.69, 9.17) is 17.3 Å². The lowest BCUT2D eigenvalue weighted by Gasteiger charge is -2.08. The Morgan fingerprint density at radius 2 is 2.18 bits per heavy atom. The summed E-state index contributed by atoms with van der Waals surface area (Å²) in [6.45, 7) is 9.46.